The van der Waals surface area contributed by atoms with E-state index in [0.717, 1.165) is 36.4 Å². The number of hydrogen-bond acceptors (Lipinski definition) is 19. The summed E-state index contributed by atoms with van der Waals surface area (Å²) in [5.41, 5.74) is -1.56. The van der Waals surface area contributed by atoms with Crippen LogP contribution in [-0.2, 0) is 0 Å². The Labute approximate surface area is 280 Å². The molecule has 0 aliphatic carbocycles. The second-order valence-corrected chi connectivity index (χ2v) is 16.0. The number of phenols is 1. The Hall–Kier alpha value is -3.18. The number of aromatic hydroxyl groups is 1. The Morgan fingerprint density at radius 1 is 0.688 bits per heavy atom. The fourth-order valence-electron chi connectivity index (χ4n) is 4.65. The van der Waals surface area contributed by atoms with Gasteiger partial charge in [-0.15, -0.1) is 10.2 Å². The van der Waals surface area contributed by atoms with E-state index in [-0.39, 0.29) is 44.3 Å². The number of phenolic OH excluding ortho intramolecular Hbond substituents is 1. The summed E-state index contributed by atoms with van der Waals surface area (Å²) in [5.74, 6) is -1.00. The fraction of sp³-hybridized carbons (Fsp3) is 0.0417. The lowest BCUT2D eigenvalue weighted by molar-refractivity contribution is 0.373. The SMILES string of the molecule is Cc1nc(Cl)nc(Nc2cc(S(O)(O)O)cc3cc(S(O)(O)O)c(N=Nc4ccc5c(S(O)(O)O)cccc5c4S(O)(O)O)c(O)c23)n1. The molecule has 4 aromatic carbocycles. The number of nitrogens with zero attached hydrogens (tertiary/aromatic N) is 5. The number of halogens is 1. The molecule has 0 amide bonds. The Bertz CT molecular complexity index is 2100. The summed E-state index contributed by atoms with van der Waals surface area (Å²) >= 11 is 5.91. The van der Waals surface area contributed by atoms with Gasteiger partial charge in [0.15, 0.2) is 5.75 Å². The number of anilines is 2. The highest BCUT2D eigenvalue weighted by atomic mass is 35.5. The van der Waals surface area contributed by atoms with Crippen molar-refractivity contribution in [3.63, 3.8) is 0 Å². The summed E-state index contributed by atoms with van der Waals surface area (Å²) in [6.45, 7) is 1.48. The van der Waals surface area contributed by atoms with Crippen molar-refractivity contribution in [2.75, 3.05) is 5.32 Å². The van der Waals surface area contributed by atoms with Crippen LogP contribution in [0.4, 0.5) is 23.0 Å². The second kappa shape index (κ2) is 12.6. The van der Waals surface area contributed by atoms with Gasteiger partial charge in [0.05, 0.1) is 25.3 Å². The van der Waals surface area contributed by atoms with Crippen LogP contribution >= 0.6 is 55.1 Å². The van der Waals surface area contributed by atoms with Crippen LogP contribution < -0.4 is 5.32 Å². The first-order chi connectivity index (χ1) is 22.1. The molecule has 24 heteroatoms. The van der Waals surface area contributed by atoms with Crippen molar-refractivity contribution < 1.29 is 59.7 Å². The molecule has 0 radical (unpaired) electrons. The number of aryl methyl sites for hydroxylation is 1. The van der Waals surface area contributed by atoms with Gasteiger partial charge in [-0.1, -0.05) is 18.2 Å². The Kier molecular flexibility index (Phi) is 9.49. The van der Waals surface area contributed by atoms with Crippen LogP contribution in [0.1, 0.15) is 5.82 Å². The topological polar surface area (TPSA) is 338 Å². The zero-order chi connectivity index (χ0) is 35.6. The number of aromatic nitrogens is 3. The number of fused-ring (bicyclic) bond motifs is 2. The van der Waals surface area contributed by atoms with E-state index >= 15 is 0 Å². The quantitative estimate of drug-likeness (QED) is 0.0653. The third kappa shape index (κ3) is 7.37. The molecule has 0 spiro atoms. The smallest absolute Gasteiger partial charge is 0.231 e. The zero-order valence-electron chi connectivity index (χ0n) is 23.7. The van der Waals surface area contributed by atoms with Gasteiger partial charge in [-0.3, -0.25) is 0 Å². The number of benzene rings is 4. The van der Waals surface area contributed by atoms with Crippen molar-refractivity contribution in [2.24, 2.45) is 10.2 Å². The van der Waals surface area contributed by atoms with Gasteiger partial charge in [-0.05, 0) is 54.2 Å². The Balaban J connectivity index is 1.79. The predicted molar refractivity (Wildman–Crippen MR) is 182 cm³/mol. The molecule has 19 nitrogen and oxygen atoms in total. The third-order valence-corrected chi connectivity index (χ3v) is 10.3. The lowest BCUT2D eigenvalue weighted by Crippen LogP contribution is -2.04. The molecule has 0 saturated carbocycles. The maximum atomic E-state index is 11.5. The van der Waals surface area contributed by atoms with E-state index in [0.29, 0.717) is 0 Å². The van der Waals surface area contributed by atoms with E-state index < -0.39 is 80.2 Å². The molecular formula is C24H25ClN6O13S4. The van der Waals surface area contributed by atoms with Crippen LogP contribution in [0.3, 0.4) is 0 Å². The van der Waals surface area contributed by atoms with E-state index in [1.54, 1.807) is 0 Å². The molecule has 0 aliphatic rings. The average molecular weight is 769 g/mol. The lowest BCUT2D eigenvalue weighted by atomic mass is 10.1. The van der Waals surface area contributed by atoms with Crippen LogP contribution in [0.15, 0.2) is 78.3 Å². The molecule has 0 atom stereocenters. The molecule has 0 fully saturated rings. The van der Waals surface area contributed by atoms with Gasteiger partial charge in [-0.25, -0.2) is 4.98 Å². The number of azo groups is 1. The highest BCUT2D eigenvalue weighted by Gasteiger charge is 2.30. The van der Waals surface area contributed by atoms with Crippen molar-refractivity contribution in [1.82, 2.24) is 15.0 Å². The van der Waals surface area contributed by atoms with E-state index in [1.807, 2.05) is 0 Å². The van der Waals surface area contributed by atoms with E-state index in [2.05, 4.69) is 30.5 Å². The van der Waals surface area contributed by atoms with Gasteiger partial charge >= 0.3 is 0 Å². The zero-order valence-corrected chi connectivity index (χ0v) is 27.7. The molecule has 5 aromatic rings. The summed E-state index contributed by atoms with van der Waals surface area (Å²) in [4.78, 5) is 9.21. The standard InChI is InChI=1S/C24H25ClN6O13S4/c1-10-26-23(25)29-24(27-10)28-16-9-12(45(33,34)35)7-11-8-18(47(39,40)41)20(21(32)19(11)16)31-30-15-6-5-13-14(22(15)48(42,43)44)3-2-4-17(13)46(36,37)38/h2-9,32-44H,1H3,(H,26,27,28,29). The Morgan fingerprint density at radius 2 is 1.35 bits per heavy atom. The average Bonchev–Trinajstić information content (AvgIpc) is 2.93. The van der Waals surface area contributed by atoms with Gasteiger partial charge in [0.1, 0.15) is 60.7 Å². The molecule has 1 heterocycles. The van der Waals surface area contributed by atoms with Crippen molar-refractivity contribution in [3.05, 3.63) is 59.6 Å². The van der Waals surface area contributed by atoms with E-state index in [9.17, 15) is 59.7 Å². The first kappa shape index (κ1) is 36.1. The van der Waals surface area contributed by atoms with E-state index in [4.69, 9.17) is 11.6 Å². The minimum Gasteiger partial charge on any atom is -0.505 e. The van der Waals surface area contributed by atoms with Crippen LogP contribution in [0.25, 0.3) is 21.5 Å². The molecule has 0 aliphatic heterocycles. The first-order valence-electron chi connectivity index (χ1n) is 12.5. The molecule has 5 rings (SSSR count). The molecule has 14 N–H and O–H groups in total. The van der Waals surface area contributed by atoms with Crippen molar-refractivity contribution in [1.29, 1.82) is 0 Å². The van der Waals surface area contributed by atoms with Crippen molar-refractivity contribution in [3.8, 4) is 5.75 Å². The monoisotopic (exact) mass is 768 g/mol. The van der Waals surface area contributed by atoms with E-state index in [1.165, 1.54) is 19.1 Å². The third-order valence-electron chi connectivity index (χ3n) is 6.48. The number of nitrogens with one attached hydrogen (secondary N) is 1. The molecule has 48 heavy (non-hydrogen) atoms. The predicted octanol–water partition coefficient (Wildman–Crippen LogP) is 9.33. The largest absolute Gasteiger partial charge is 0.505 e. The highest BCUT2D eigenvalue weighted by molar-refractivity contribution is 8.20. The lowest BCUT2D eigenvalue weighted by Gasteiger charge is -2.26. The van der Waals surface area contributed by atoms with Crippen molar-refractivity contribution in [2.45, 2.75) is 26.5 Å². The molecule has 0 bridgehead atoms. The fourth-order valence-corrected chi connectivity index (χ4v) is 7.69. The normalized spacial score (nSPS) is 14.5. The summed E-state index contributed by atoms with van der Waals surface area (Å²) in [6.07, 6.45) is 0. The highest BCUT2D eigenvalue weighted by Crippen LogP contribution is 2.59. The summed E-state index contributed by atoms with van der Waals surface area (Å²) in [5, 5.41) is 20.7. The maximum Gasteiger partial charge on any atom is 0.231 e. The molecule has 1 aromatic heterocycles. The van der Waals surface area contributed by atoms with Gasteiger partial charge in [0, 0.05) is 16.2 Å². The van der Waals surface area contributed by atoms with Crippen LogP contribution in [0.5, 0.6) is 5.75 Å². The van der Waals surface area contributed by atoms with Crippen molar-refractivity contribution >= 4 is 99.6 Å². The van der Waals surface area contributed by atoms with Crippen LogP contribution in [0, 0.1) is 6.92 Å². The first-order valence-corrected chi connectivity index (χ1v) is 18.9. The molecule has 260 valence electrons. The number of hydrogen-bond donors (Lipinski definition) is 14. The van der Waals surface area contributed by atoms with Gasteiger partial charge in [-0.2, -0.15) is 9.97 Å². The summed E-state index contributed by atoms with van der Waals surface area (Å²) in [6, 6.07) is 8.54. The number of rotatable bonds is 8. The van der Waals surface area contributed by atoms with Crippen LogP contribution in [0.2, 0.25) is 5.28 Å². The molecule has 0 unspecified atom stereocenters. The maximum absolute atomic E-state index is 11.5. The van der Waals surface area contributed by atoms with Gasteiger partial charge < -0.3 is 65.1 Å². The van der Waals surface area contributed by atoms with Crippen LogP contribution in [-0.4, -0.2) is 74.7 Å². The second-order valence-electron chi connectivity index (χ2n) is 9.78. The Morgan fingerprint density at radius 3 is 1.94 bits per heavy atom. The summed E-state index contributed by atoms with van der Waals surface area (Å²) < 4.78 is 121. The summed E-state index contributed by atoms with van der Waals surface area (Å²) in [7, 11) is -18.2. The van der Waals surface area contributed by atoms with Gasteiger partial charge in [0.2, 0.25) is 11.2 Å². The molecule has 0 saturated heterocycles. The molecular weight excluding hydrogens is 744 g/mol. The van der Waals surface area contributed by atoms with Gasteiger partial charge in [0.25, 0.3) is 0 Å². The minimum atomic E-state index is -4.77. The minimum absolute atomic E-state index is 0.128.